The second kappa shape index (κ2) is 6.14. The number of hydrogen-bond acceptors (Lipinski definition) is 4. The average molecular weight is 255 g/mol. The lowest BCUT2D eigenvalue weighted by Gasteiger charge is -2.32. The van der Waals surface area contributed by atoms with E-state index >= 15 is 0 Å². The standard InChI is InChI=1S/C8H18N2O5S/c1-3-10(4-2,16(9,13)14)5-6-15-7-8(11)12/h3-7H2,1-2H3,(H2-,9,11,12,13,14)/p+1. The van der Waals surface area contributed by atoms with Gasteiger partial charge in [0, 0.05) is 0 Å². The van der Waals surface area contributed by atoms with Crippen LogP contribution in [0.25, 0.3) is 0 Å². The van der Waals surface area contributed by atoms with Crippen molar-refractivity contribution in [1.82, 2.24) is 0 Å². The molecule has 0 aliphatic carbocycles. The van der Waals surface area contributed by atoms with Crippen LogP contribution in [0.15, 0.2) is 0 Å². The first-order valence-electron chi connectivity index (χ1n) is 4.97. The Kier molecular flexibility index (Phi) is 5.87. The Balaban J connectivity index is 4.42. The lowest BCUT2D eigenvalue weighted by Crippen LogP contribution is -2.57. The number of carboxylic acid groups (broad SMARTS) is 1. The van der Waals surface area contributed by atoms with Crippen LogP contribution in [-0.4, -0.2) is 56.2 Å². The zero-order valence-corrected chi connectivity index (χ0v) is 10.4. The number of quaternary nitrogens is 1. The third kappa shape index (κ3) is 4.05. The van der Waals surface area contributed by atoms with Crippen molar-refractivity contribution in [2.45, 2.75) is 13.8 Å². The van der Waals surface area contributed by atoms with Crippen molar-refractivity contribution < 1.29 is 26.9 Å². The number of aliphatic carboxylic acids is 1. The Bertz CT molecular complexity index is 323. The number of carbonyl (C=O) groups is 1. The first kappa shape index (κ1) is 15.3. The van der Waals surface area contributed by atoms with Crippen LogP contribution in [0.4, 0.5) is 0 Å². The SMILES string of the molecule is CC[N+](CC)(CCOCC(=O)O)S(N)(=O)=O. The monoisotopic (exact) mass is 255 g/mol. The molecule has 0 spiro atoms. The summed E-state index contributed by atoms with van der Waals surface area (Å²) < 4.78 is 27.4. The van der Waals surface area contributed by atoms with Gasteiger partial charge in [0.25, 0.3) is 0 Å². The highest BCUT2D eigenvalue weighted by Crippen LogP contribution is 2.10. The molecule has 16 heavy (non-hydrogen) atoms. The zero-order valence-electron chi connectivity index (χ0n) is 9.55. The number of carboxylic acids is 1. The maximum atomic E-state index is 11.4. The van der Waals surface area contributed by atoms with Crippen LogP contribution >= 0.6 is 0 Å². The van der Waals surface area contributed by atoms with E-state index in [1.807, 2.05) is 0 Å². The summed E-state index contributed by atoms with van der Waals surface area (Å²) in [6, 6.07) is 0. The highest BCUT2D eigenvalue weighted by atomic mass is 32.2. The molecule has 0 unspecified atom stereocenters. The second-order valence-electron chi connectivity index (χ2n) is 3.38. The van der Waals surface area contributed by atoms with Crippen molar-refractivity contribution in [3.63, 3.8) is 0 Å². The number of rotatable bonds is 8. The molecule has 0 amide bonds. The minimum atomic E-state index is -3.72. The third-order valence-electron chi connectivity index (χ3n) is 2.56. The van der Waals surface area contributed by atoms with Crippen molar-refractivity contribution in [3.05, 3.63) is 0 Å². The summed E-state index contributed by atoms with van der Waals surface area (Å²) in [5, 5.41) is 13.5. The smallest absolute Gasteiger partial charge is 0.367 e. The van der Waals surface area contributed by atoms with Gasteiger partial charge in [-0.2, -0.15) is 13.6 Å². The molecule has 8 heteroatoms. The summed E-state index contributed by atoms with van der Waals surface area (Å²) in [5.74, 6) is -1.08. The van der Waals surface area contributed by atoms with Gasteiger partial charge < -0.3 is 9.84 Å². The highest BCUT2D eigenvalue weighted by molar-refractivity contribution is 7.83. The number of nitrogens with two attached hydrogens (primary N) is 1. The van der Waals surface area contributed by atoms with Crippen molar-refractivity contribution >= 4 is 16.2 Å². The predicted molar refractivity (Wildman–Crippen MR) is 57.8 cm³/mol. The molecule has 0 aromatic rings. The molecule has 0 aromatic carbocycles. The molecule has 7 nitrogen and oxygen atoms in total. The molecule has 0 saturated carbocycles. The first-order valence-corrected chi connectivity index (χ1v) is 6.48. The van der Waals surface area contributed by atoms with E-state index in [9.17, 15) is 13.2 Å². The average Bonchev–Trinajstić information content (AvgIpc) is 2.16. The summed E-state index contributed by atoms with van der Waals surface area (Å²) in [4.78, 5) is 10.2. The molecule has 0 aliphatic heterocycles. The Labute approximate surface area is 95.6 Å². The van der Waals surface area contributed by atoms with Gasteiger partial charge in [-0.05, 0) is 13.8 Å². The van der Waals surface area contributed by atoms with E-state index < -0.39 is 22.8 Å². The molecular weight excluding hydrogens is 236 g/mol. The number of ether oxygens (including phenoxy) is 1. The predicted octanol–water partition coefficient (Wildman–Crippen LogP) is -0.852. The van der Waals surface area contributed by atoms with E-state index in [1.54, 1.807) is 13.8 Å². The van der Waals surface area contributed by atoms with Crippen LogP contribution in [0.1, 0.15) is 13.8 Å². The van der Waals surface area contributed by atoms with Gasteiger partial charge in [0.05, 0.1) is 19.7 Å². The number of nitrogens with zero attached hydrogens (tertiary/aromatic N) is 1. The molecule has 0 aliphatic rings. The molecular formula is C8H19N2O5S+. The fourth-order valence-corrected chi connectivity index (χ4v) is 2.47. The fourth-order valence-electron chi connectivity index (χ4n) is 1.42. The van der Waals surface area contributed by atoms with Crippen molar-refractivity contribution in [3.8, 4) is 0 Å². The number of likely N-dealkylation sites (N-methyl/N-ethyl adjacent to an activating group) is 1. The maximum Gasteiger partial charge on any atom is 0.367 e. The van der Waals surface area contributed by atoms with Gasteiger partial charge in [0.1, 0.15) is 13.2 Å². The van der Waals surface area contributed by atoms with Gasteiger partial charge in [0.15, 0.2) is 0 Å². The van der Waals surface area contributed by atoms with Crippen LogP contribution < -0.4 is 5.14 Å². The molecule has 0 atom stereocenters. The minimum absolute atomic E-state index is 0.0460. The maximum absolute atomic E-state index is 11.4. The second-order valence-corrected chi connectivity index (χ2v) is 5.18. The Morgan fingerprint density at radius 2 is 1.88 bits per heavy atom. The topological polar surface area (TPSA) is 107 Å². The summed E-state index contributed by atoms with van der Waals surface area (Å²) in [6.45, 7) is 3.84. The number of hydrogen-bond donors (Lipinski definition) is 2. The normalized spacial score (nSPS) is 12.7. The molecule has 0 aromatic heterocycles. The lowest BCUT2D eigenvalue weighted by atomic mass is 10.5. The molecule has 0 heterocycles. The van der Waals surface area contributed by atoms with Crippen molar-refractivity contribution in [2.24, 2.45) is 5.14 Å². The first-order chi connectivity index (χ1) is 7.29. The van der Waals surface area contributed by atoms with Gasteiger partial charge in [-0.25, -0.2) is 8.68 Å². The van der Waals surface area contributed by atoms with E-state index in [-0.39, 0.29) is 17.0 Å². The molecule has 0 saturated heterocycles. The van der Waals surface area contributed by atoms with E-state index in [0.29, 0.717) is 13.1 Å². The summed E-state index contributed by atoms with van der Waals surface area (Å²) >= 11 is 0. The summed E-state index contributed by atoms with van der Waals surface area (Å²) in [7, 11) is -3.72. The van der Waals surface area contributed by atoms with E-state index in [0.717, 1.165) is 0 Å². The van der Waals surface area contributed by atoms with Crippen LogP contribution in [0.3, 0.4) is 0 Å². The van der Waals surface area contributed by atoms with Gasteiger partial charge in [-0.15, -0.1) is 0 Å². The van der Waals surface area contributed by atoms with Crippen LogP contribution in [-0.2, 0) is 19.7 Å². The van der Waals surface area contributed by atoms with Gasteiger partial charge in [-0.3, -0.25) is 0 Å². The van der Waals surface area contributed by atoms with Crippen molar-refractivity contribution in [2.75, 3.05) is 32.8 Å². The van der Waals surface area contributed by atoms with E-state index in [1.165, 1.54) is 0 Å². The molecule has 96 valence electrons. The van der Waals surface area contributed by atoms with Crippen LogP contribution in [0.2, 0.25) is 0 Å². The fraction of sp³-hybridized carbons (Fsp3) is 0.875. The van der Waals surface area contributed by atoms with Crippen molar-refractivity contribution in [1.29, 1.82) is 0 Å². The molecule has 0 bridgehead atoms. The largest absolute Gasteiger partial charge is 0.480 e. The summed E-state index contributed by atoms with van der Waals surface area (Å²) in [6.07, 6.45) is 0. The Morgan fingerprint density at radius 3 is 2.19 bits per heavy atom. The molecule has 3 N–H and O–H groups in total. The van der Waals surface area contributed by atoms with E-state index in [4.69, 9.17) is 15.0 Å². The summed E-state index contributed by atoms with van der Waals surface area (Å²) in [5.41, 5.74) is 0. The van der Waals surface area contributed by atoms with Crippen LogP contribution in [0.5, 0.6) is 0 Å². The van der Waals surface area contributed by atoms with Gasteiger partial charge >= 0.3 is 16.2 Å². The molecule has 0 rings (SSSR count). The van der Waals surface area contributed by atoms with Gasteiger partial charge in [-0.1, -0.05) is 0 Å². The zero-order chi connectivity index (χ0) is 12.8. The Morgan fingerprint density at radius 1 is 1.38 bits per heavy atom. The third-order valence-corrected chi connectivity index (χ3v) is 4.34. The molecule has 0 fully saturated rings. The quantitative estimate of drug-likeness (QED) is 0.434. The molecule has 0 radical (unpaired) electrons. The van der Waals surface area contributed by atoms with E-state index in [2.05, 4.69) is 0 Å². The Hall–Kier alpha value is -0.700. The highest BCUT2D eigenvalue weighted by Gasteiger charge is 2.35. The lowest BCUT2D eigenvalue weighted by molar-refractivity contribution is -0.803. The van der Waals surface area contributed by atoms with Gasteiger partial charge in [0.2, 0.25) is 0 Å². The van der Waals surface area contributed by atoms with Crippen LogP contribution in [0, 0.1) is 0 Å². The minimum Gasteiger partial charge on any atom is -0.480 e.